The van der Waals surface area contributed by atoms with Gasteiger partial charge >= 0.3 is 5.97 Å². The fraction of sp³-hybridized carbons (Fsp3) is 0.294. The largest absolute Gasteiger partial charge is 0.456 e. The Morgan fingerprint density at radius 1 is 1.30 bits per heavy atom. The molecule has 1 heterocycles. The van der Waals surface area contributed by atoms with Gasteiger partial charge in [-0.15, -0.1) is 0 Å². The molecule has 0 bridgehead atoms. The Kier molecular flexibility index (Phi) is 5.32. The average molecular weight is 398 g/mol. The molecule has 0 aliphatic carbocycles. The van der Waals surface area contributed by atoms with Crippen LogP contribution in [0.15, 0.2) is 35.1 Å². The third-order valence-electron chi connectivity index (χ3n) is 2.87. The second kappa shape index (κ2) is 6.89. The molecule has 2 aromatic rings. The Morgan fingerprint density at radius 2 is 2.00 bits per heavy atom. The summed E-state index contributed by atoms with van der Waals surface area (Å²) < 4.78 is 6.04. The van der Waals surface area contributed by atoms with E-state index in [0.717, 1.165) is 5.56 Å². The molecule has 0 aliphatic heterocycles. The molecule has 0 aliphatic rings. The average Bonchev–Trinajstić information content (AvgIpc) is 2.43. The monoisotopic (exact) mass is 396 g/mol. The number of halogens is 2. The normalized spacial score (nSPS) is 11.2. The standard InChI is InChI=1S/C17H18BrClN2O2/c1-10-5-6-14(12(7-10)16(22)23-17(2,3)4)21-11-8-13(19)15(18)20-9-11/h5-9,21H,1-4H3. The number of nitrogens with one attached hydrogen (secondary N) is 1. The number of nitrogens with zero attached hydrogens (tertiary/aromatic N) is 1. The maximum absolute atomic E-state index is 12.4. The molecule has 0 amide bonds. The van der Waals surface area contributed by atoms with Crippen LogP contribution >= 0.6 is 27.5 Å². The number of carbonyl (C=O) groups is 1. The number of benzene rings is 1. The lowest BCUT2D eigenvalue weighted by atomic mass is 10.1. The van der Waals surface area contributed by atoms with Gasteiger partial charge in [0, 0.05) is 0 Å². The summed E-state index contributed by atoms with van der Waals surface area (Å²) in [6, 6.07) is 7.29. The van der Waals surface area contributed by atoms with Crippen LogP contribution in [-0.2, 0) is 4.74 Å². The van der Waals surface area contributed by atoms with Crippen molar-refractivity contribution in [2.75, 3.05) is 5.32 Å². The van der Waals surface area contributed by atoms with Crippen molar-refractivity contribution in [3.05, 3.63) is 51.2 Å². The number of aromatic nitrogens is 1. The third kappa shape index (κ3) is 4.94. The van der Waals surface area contributed by atoms with Crippen LogP contribution in [0.3, 0.4) is 0 Å². The Balaban J connectivity index is 2.35. The Bertz CT molecular complexity index is 742. The van der Waals surface area contributed by atoms with Gasteiger partial charge in [-0.3, -0.25) is 0 Å². The smallest absolute Gasteiger partial charge is 0.340 e. The van der Waals surface area contributed by atoms with Gasteiger partial charge in [-0.1, -0.05) is 23.2 Å². The van der Waals surface area contributed by atoms with Crippen LogP contribution in [0.5, 0.6) is 0 Å². The number of hydrogen-bond donors (Lipinski definition) is 1. The van der Waals surface area contributed by atoms with Gasteiger partial charge < -0.3 is 10.1 Å². The number of aryl methyl sites for hydroxylation is 1. The van der Waals surface area contributed by atoms with Gasteiger partial charge in [0.25, 0.3) is 0 Å². The van der Waals surface area contributed by atoms with E-state index in [0.29, 0.717) is 26.6 Å². The zero-order valence-electron chi connectivity index (χ0n) is 13.4. The van der Waals surface area contributed by atoms with Gasteiger partial charge in [0.05, 0.1) is 28.2 Å². The van der Waals surface area contributed by atoms with Crippen molar-refractivity contribution in [1.82, 2.24) is 4.98 Å². The Hall–Kier alpha value is -1.59. The van der Waals surface area contributed by atoms with Gasteiger partial charge in [0.2, 0.25) is 0 Å². The number of ether oxygens (including phenoxy) is 1. The molecule has 0 saturated carbocycles. The zero-order chi connectivity index (χ0) is 17.2. The lowest BCUT2D eigenvalue weighted by molar-refractivity contribution is 0.00706. The molecule has 0 radical (unpaired) electrons. The molecular weight excluding hydrogens is 380 g/mol. The van der Waals surface area contributed by atoms with E-state index >= 15 is 0 Å². The van der Waals surface area contributed by atoms with Gasteiger partial charge in [-0.2, -0.15) is 0 Å². The number of anilines is 2. The van der Waals surface area contributed by atoms with Crippen LogP contribution in [0.4, 0.5) is 11.4 Å². The number of hydrogen-bond acceptors (Lipinski definition) is 4. The third-order valence-corrected chi connectivity index (χ3v) is 4.02. The molecular formula is C17H18BrClN2O2. The van der Waals surface area contributed by atoms with Gasteiger partial charge in [0.1, 0.15) is 10.2 Å². The van der Waals surface area contributed by atoms with Crippen molar-refractivity contribution in [2.45, 2.75) is 33.3 Å². The summed E-state index contributed by atoms with van der Waals surface area (Å²) in [4.78, 5) is 16.6. The number of pyridine rings is 1. The van der Waals surface area contributed by atoms with E-state index in [4.69, 9.17) is 16.3 Å². The first-order valence-electron chi connectivity index (χ1n) is 7.08. The van der Waals surface area contributed by atoms with Crippen LogP contribution in [0, 0.1) is 6.92 Å². The predicted molar refractivity (Wildman–Crippen MR) is 96.6 cm³/mol. The first-order valence-corrected chi connectivity index (χ1v) is 8.25. The fourth-order valence-electron chi connectivity index (χ4n) is 1.91. The highest BCUT2D eigenvalue weighted by atomic mass is 79.9. The maximum atomic E-state index is 12.4. The minimum atomic E-state index is -0.555. The van der Waals surface area contributed by atoms with Crippen LogP contribution in [0.1, 0.15) is 36.7 Å². The molecule has 1 aromatic carbocycles. The minimum Gasteiger partial charge on any atom is -0.456 e. The van der Waals surface area contributed by atoms with Crippen molar-refractivity contribution in [3.63, 3.8) is 0 Å². The molecule has 23 heavy (non-hydrogen) atoms. The second-order valence-corrected chi connectivity index (χ2v) is 7.33. The SMILES string of the molecule is Cc1ccc(Nc2cnc(Br)c(Cl)c2)c(C(=O)OC(C)(C)C)c1. The predicted octanol–water partition coefficient (Wildman–Crippen LogP) is 5.50. The molecule has 1 N–H and O–H groups in total. The first-order chi connectivity index (χ1) is 10.7. The number of esters is 1. The summed E-state index contributed by atoms with van der Waals surface area (Å²) in [7, 11) is 0. The highest BCUT2D eigenvalue weighted by Crippen LogP contribution is 2.28. The van der Waals surface area contributed by atoms with E-state index in [1.165, 1.54) is 0 Å². The summed E-state index contributed by atoms with van der Waals surface area (Å²) >= 11 is 9.30. The van der Waals surface area contributed by atoms with Crippen molar-refractivity contribution in [3.8, 4) is 0 Å². The molecule has 0 saturated heterocycles. The molecule has 1 aromatic heterocycles. The van der Waals surface area contributed by atoms with Gasteiger partial charge in [0.15, 0.2) is 0 Å². The molecule has 2 rings (SSSR count). The second-order valence-electron chi connectivity index (χ2n) is 6.17. The van der Waals surface area contributed by atoms with Crippen LogP contribution in [0.25, 0.3) is 0 Å². The van der Waals surface area contributed by atoms with Crippen LogP contribution in [-0.4, -0.2) is 16.6 Å². The quantitative estimate of drug-likeness (QED) is 0.548. The highest BCUT2D eigenvalue weighted by molar-refractivity contribution is 9.10. The van der Waals surface area contributed by atoms with E-state index in [9.17, 15) is 4.79 Å². The lowest BCUT2D eigenvalue weighted by Crippen LogP contribution is -2.24. The van der Waals surface area contributed by atoms with Crippen LogP contribution < -0.4 is 5.32 Å². The van der Waals surface area contributed by atoms with Crippen molar-refractivity contribution >= 4 is 44.9 Å². The highest BCUT2D eigenvalue weighted by Gasteiger charge is 2.20. The first kappa shape index (κ1) is 17.8. The summed E-state index contributed by atoms with van der Waals surface area (Å²) in [6.45, 7) is 7.44. The Labute approximate surface area is 149 Å². The Morgan fingerprint density at radius 3 is 2.61 bits per heavy atom. The van der Waals surface area contributed by atoms with Gasteiger partial charge in [-0.25, -0.2) is 9.78 Å². The minimum absolute atomic E-state index is 0.375. The van der Waals surface area contributed by atoms with E-state index in [1.807, 2.05) is 39.8 Å². The molecule has 0 fully saturated rings. The van der Waals surface area contributed by atoms with E-state index in [2.05, 4.69) is 26.2 Å². The van der Waals surface area contributed by atoms with E-state index in [-0.39, 0.29) is 5.97 Å². The van der Waals surface area contributed by atoms with Crippen molar-refractivity contribution in [1.29, 1.82) is 0 Å². The summed E-state index contributed by atoms with van der Waals surface area (Å²) in [5.74, 6) is -0.375. The summed E-state index contributed by atoms with van der Waals surface area (Å²) in [6.07, 6.45) is 1.63. The van der Waals surface area contributed by atoms with Crippen LogP contribution in [0.2, 0.25) is 5.02 Å². The van der Waals surface area contributed by atoms with E-state index < -0.39 is 5.60 Å². The van der Waals surface area contributed by atoms with Gasteiger partial charge in [-0.05, 0) is 61.8 Å². The molecule has 6 heteroatoms. The lowest BCUT2D eigenvalue weighted by Gasteiger charge is -2.21. The molecule has 0 spiro atoms. The molecule has 4 nitrogen and oxygen atoms in total. The maximum Gasteiger partial charge on any atom is 0.340 e. The number of carbonyl (C=O) groups excluding carboxylic acids is 1. The molecule has 122 valence electrons. The topological polar surface area (TPSA) is 51.2 Å². The van der Waals surface area contributed by atoms with Crippen molar-refractivity contribution < 1.29 is 9.53 Å². The number of rotatable bonds is 3. The zero-order valence-corrected chi connectivity index (χ0v) is 15.7. The van der Waals surface area contributed by atoms with Crippen molar-refractivity contribution in [2.24, 2.45) is 0 Å². The fourth-order valence-corrected chi connectivity index (χ4v) is 2.30. The van der Waals surface area contributed by atoms with E-state index in [1.54, 1.807) is 18.3 Å². The molecule has 0 atom stereocenters. The summed E-state index contributed by atoms with van der Waals surface area (Å²) in [5, 5.41) is 3.65. The summed E-state index contributed by atoms with van der Waals surface area (Å²) in [5.41, 5.74) is 2.22. The molecule has 0 unspecified atom stereocenters.